The Kier molecular flexibility index (Phi) is 5.28. The normalized spacial score (nSPS) is 20.1. The second-order valence-electron chi connectivity index (χ2n) is 9.52. The van der Waals surface area contributed by atoms with Gasteiger partial charge >= 0.3 is 0 Å². The van der Waals surface area contributed by atoms with Gasteiger partial charge in [-0.1, -0.05) is 60.7 Å². The van der Waals surface area contributed by atoms with E-state index in [1.165, 1.54) is 16.8 Å². The second kappa shape index (κ2) is 8.18. The highest BCUT2D eigenvalue weighted by Crippen LogP contribution is 2.54. The molecule has 0 amide bonds. The van der Waals surface area contributed by atoms with E-state index in [-0.39, 0.29) is 11.2 Å². The summed E-state index contributed by atoms with van der Waals surface area (Å²) in [6, 6.07) is 22.3. The molecule has 1 unspecified atom stereocenters. The van der Waals surface area contributed by atoms with Gasteiger partial charge in [-0.05, 0) is 80.0 Å². The van der Waals surface area contributed by atoms with E-state index in [0.717, 1.165) is 16.9 Å². The van der Waals surface area contributed by atoms with Gasteiger partial charge in [-0.3, -0.25) is 4.79 Å². The number of carbonyl (C=O) groups excluding carboxylic acids is 1. The van der Waals surface area contributed by atoms with E-state index >= 15 is 0 Å². The van der Waals surface area contributed by atoms with E-state index < -0.39 is 5.72 Å². The number of anilines is 1. The van der Waals surface area contributed by atoms with E-state index in [9.17, 15) is 4.79 Å². The Bertz CT molecular complexity index is 1360. The number of ketones is 1. The number of benzene rings is 3. The summed E-state index contributed by atoms with van der Waals surface area (Å²) in [5.74, 6) is 0.756. The van der Waals surface area contributed by atoms with Crippen molar-refractivity contribution in [2.75, 3.05) is 11.9 Å². The number of hydrogen-bond acceptors (Lipinski definition) is 3. The van der Waals surface area contributed by atoms with Gasteiger partial charge in [0.25, 0.3) is 0 Å². The Morgan fingerprint density at radius 2 is 1.74 bits per heavy atom. The summed E-state index contributed by atoms with van der Waals surface area (Å²) in [7, 11) is 2.08. The molecule has 0 saturated carbocycles. The number of hydrogen-bond donors (Lipinski definition) is 0. The van der Waals surface area contributed by atoms with Crippen molar-refractivity contribution in [3.05, 3.63) is 119 Å². The first-order valence-electron chi connectivity index (χ1n) is 11.6. The van der Waals surface area contributed by atoms with Crippen LogP contribution in [0.3, 0.4) is 0 Å². The average molecular weight is 448 g/mol. The summed E-state index contributed by atoms with van der Waals surface area (Å²) in [5, 5.41) is 0. The maximum absolute atomic E-state index is 12.8. The van der Waals surface area contributed by atoms with E-state index in [2.05, 4.69) is 81.3 Å². The van der Waals surface area contributed by atoms with Gasteiger partial charge in [0.2, 0.25) is 5.72 Å². The van der Waals surface area contributed by atoms with Crippen LogP contribution >= 0.6 is 0 Å². The van der Waals surface area contributed by atoms with Crippen molar-refractivity contribution in [3.8, 4) is 5.75 Å². The largest absolute Gasteiger partial charge is 0.463 e. The minimum Gasteiger partial charge on any atom is -0.463 e. The van der Waals surface area contributed by atoms with Crippen molar-refractivity contribution in [1.29, 1.82) is 0 Å². The lowest BCUT2D eigenvalue weighted by Gasteiger charge is -2.45. The second-order valence-corrected chi connectivity index (χ2v) is 9.52. The molecule has 3 aromatic rings. The molecular weight excluding hydrogens is 418 g/mol. The Labute approximate surface area is 201 Å². The third-order valence-corrected chi connectivity index (χ3v) is 7.20. The van der Waals surface area contributed by atoms with Crippen molar-refractivity contribution in [2.45, 2.75) is 31.9 Å². The molecule has 2 heterocycles. The fourth-order valence-electron chi connectivity index (χ4n) is 5.10. The molecule has 3 heteroatoms. The number of fused-ring (bicyclic) bond motifs is 2. The standard InChI is InChI=1S/C31H29NO2/c1-22-11-5-6-12-23(22)13-7-10-16-28(33)24-17-18-29-25(21-24)19-20-31(34-29)30(2,3)26-14-8-9-15-27(26)32(31)4/h5-21H,1-4H3/b13-7-,16-10+. The Morgan fingerprint density at radius 3 is 2.53 bits per heavy atom. The number of ether oxygens (including phenoxy) is 1. The van der Waals surface area contributed by atoms with Crippen LogP contribution in [0.15, 0.2) is 91.0 Å². The first-order valence-corrected chi connectivity index (χ1v) is 11.6. The molecule has 0 saturated heterocycles. The van der Waals surface area contributed by atoms with Crippen LogP contribution in [0.5, 0.6) is 5.75 Å². The third-order valence-electron chi connectivity index (χ3n) is 7.20. The highest BCUT2D eigenvalue weighted by atomic mass is 16.5. The average Bonchev–Trinajstić information content (AvgIpc) is 3.01. The number of para-hydroxylation sites is 1. The molecule has 3 aromatic carbocycles. The number of carbonyl (C=O) groups is 1. The van der Waals surface area contributed by atoms with Gasteiger partial charge < -0.3 is 9.64 Å². The molecule has 1 spiro atoms. The fourth-order valence-corrected chi connectivity index (χ4v) is 5.10. The van der Waals surface area contributed by atoms with Gasteiger partial charge in [-0.2, -0.15) is 0 Å². The number of allylic oxidation sites excluding steroid dienone is 3. The monoisotopic (exact) mass is 447 g/mol. The summed E-state index contributed by atoms with van der Waals surface area (Å²) in [6.07, 6.45) is 11.5. The highest BCUT2D eigenvalue weighted by molar-refractivity contribution is 6.05. The molecule has 5 rings (SSSR count). The fraction of sp³-hybridized carbons (Fsp3) is 0.194. The third kappa shape index (κ3) is 3.40. The topological polar surface area (TPSA) is 29.5 Å². The van der Waals surface area contributed by atoms with Crippen molar-refractivity contribution in [3.63, 3.8) is 0 Å². The van der Waals surface area contributed by atoms with E-state index in [0.29, 0.717) is 5.56 Å². The molecule has 0 aliphatic carbocycles. The molecule has 2 aliphatic heterocycles. The van der Waals surface area contributed by atoms with Crippen LogP contribution in [0.4, 0.5) is 5.69 Å². The zero-order chi connectivity index (χ0) is 23.9. The number of rotatable bonds is 4. The number of aryl methyl sites for hydroxylation is 1. The first-order chi connectivity index (χ1) is 16.3. The maximum Gasteiger partial charge on any atom is 0.211 e. The van der Waals surface area contributed by atoms with Crippen molar-refractivity contribution in [1.82, 2.24) is 0 Å². The molecule has 0 radical (unpaired) electrons. The Morgan fingerprint density at radius 1 is 0.971 bits per heavy atom. The van der Waals surface area contributed by atoms with Gasteiger partial charge in [0.1, 0.15) is 5.75 Å². The molecule has 0 fully saturated rings. The van der Waals surface area contributed by atoms with Crippen LogP contribution in [0.2, 0.25) is 0 Å². The molecule has 34 heavy (non-hydrogen) atoms. The van der Waals surface area contributed by atoms with E-state index in [4.69, 9.17) is 4.74 Å². The minimum absolute atomic E-state index is 0.0309. The predicted octanol–water partition coefficient (Wildman–Crippen LogP) is 6.98. The lowest BCUT2D eigenvalue weighted by Crippen LogP contribution is -2.58. The van der Waals surface area contributed by atoms with Crippen LogP contribution in [0.1, 0.15) is 46.5 Å². The smallest absolute Gasteiger partial charge is 0.211 e. The maximum atomic E-state index is 12.8. The minimum atomic E-state index is -0.616. The van der Waals surface area contributed by atoms with Gasteiger partial charge in [0.05, 0.1) is 5.41 Å². The predicted molar refractivity (Wildman–Crippen MR) is 140 cm³/mol. The Balaban J connectivity index is 1.37. The van der Waals surface area contributed by atoms with Crippen LogP contribution < -0.4 is 9.64 Å². The van der Waals surface area contributed by atoms with E-state index in [1.807, 2.05) is 42.5 Å². The van der Waals surface area contributed by atoms with Gasteiger partial charge in [0.15, 0.2) is 5.78 Å². The summed E-state index contributed by atoms with van der Waals surface area (Å²) < 4.78 is 6.68. The molecular formula is C31H29NO2. The van der Waals surface area contributed by atoms with E-state index in [1.54, 1.807) is 12.2 Å². The molecule has 0 bridgehead atoms. The van der Waals surface area contributed by atoms with Crippen molar-refractivity contribution >= 4 is 23.6 Å². The molecule has 0 aromatic heterocycles. The zero-order valence-electron chi connectivity index (χ0n) is 20.1. The van der Waals surface area contributed by atoms with Crippen LogP contribution in [0.25, 0.3) is 12.2 Å². The highest BCUT2D eigenvalue weighted by Gasteiger charge is 2.57. The van der Waals surface area contributed by atoms with Crippen LogP contribution in [-0.4, -0.2) is 18.6 Å². The number of nitrogens with zero attached hydrogens (tertiary/aromatic N) is 1. The van der Waals surface area contributed by atoms with Gasteiger partial charge in [-0.15, -0.1) is 0 Å². The lowest BCUT2D eigenvalue weighted by molar-refractivity contribution is 0.0581. The van der Waals surface area contributed by atoms with Gasteiger partial charge in [0, 0.05) is 23.9 Å². The molecule has 3 nitrogen and oxygen atoms in total. The summed E-state index contributed by atoms with van der Waals surface area (Å²) in [4.78, 5) is 15.0. The molecule has 1 atom stereocenters. The quantitative estimate of drug-likeness (QED) is 0.246. The van der Waals surface area contributed by atoms with Crippen molar-refractivity contribution in [2.24, 2.45) is 0 Å². The van der Waals surface area contributed by atoms with Crippen molar-refractivity contribution < 1.29 is 9.53 Å². The summed E-state index contributed by atoms with van der Waals surface area (Å²) >= 11 is 0. The van der Waals surface area contributed by atoms with Crippen LogP contribution in [-0.2, 0) is 5.41 Å². The molecule has 2 aliphatic rings. The summed E-state index contributed by atoms with van der Waals surface area (Å²) in [5.41, 5.74) is 5.50. The summed E-state index contributed by atoms with van der Waals surface area (Å²) in [6.45, 7) is 6.51. The first kappa shape index (κ1) is 22.0. The number of likely N-dealkylation sites (N-methyl/N-ethyl adjacent to an activating group) is 1. The molecule has 0 N–H and O–H groups in total. The SMILES string of the molecule is Cc1ccccc1/C=C\C=C\C(=O)c1ccc2c(c1)C=CC1(O2)N(C)c2ccccc2C1(C)C. The van der Waals surface area contributed by atoms with Crippen LogP contribution in [0, 0.1) is 6.92 Å². The van der Waals surface area contributed by atoms with Gasteiger partial charge in [-0.25, -0.2) is 0 Å². The lowest BCUT2D eigenvalue weighted by atomic mass is 9.76. The molecule has 170 valence electrons. The Hall–Kier alpha value is -3.85. The zero-order valence-corrected chi connectivity index (χ0v) is 20.1.